The second-order valence-corrected chi connectivity index (χ2v) is 7.92. The lowest BCUT2D eigenvalue weighted by Crippen LogP contribution is -2.38. The van der Waals surface area contributed by atoms with E-state index in [0.717, 1.165) is 59.6 Å². The van der Waals surface area contributed by atoms with E-state index in [9.17, 15) is 4.79 Å². The molecule has 0 unspecified atom stereocenters. The second-order valence-electron chi connectivity index (χ2n) is 7.92. The van der Waals surface area contributed by atoms with E-state index in [4.69, 9.17) is 0 Å². The minimum absolute atomic E-state index is 0.0811. The van der Waals surface area contributed by atoms with Gasteiger partial charge in [-0.05, 0) is 55.7 Å². The van der Waals surface area contributed by atoms with Gasteiger partial charge in [0, 0.05) is 55.3 Å². The molecular weight excluding hydrogens is 376 g/mol. The number of likely N-dealkylation sites (tertiary alicyclic amines) is 1. The molecule has 1 aliphatic rings. The lowest BCUT2D eigenvalue weighted by Gasteiger charge is -2.32. The first kappa shape index (κ1) is 18.5. The average Bonchev–Trinajstić information content (AvgIpc) is 3.39. The van der Waals surface area contributed by atoms with E-state index in [1.807, 2.05) is 60.0 Å². The van der Waals surface area contributed by atoms with Crippen LogP contribution in [-0.4, -0.2) is 48.6 Å². The number of carbonyl (C=O) groups excluding carboxylic acids is 1. The lowest BCUT2D eigenvalue weighted by atomic mass is 9.89. The van der Waals surface area contributed by atoms with Crippen LogP contribution < -0.4 is 0 Å². The number of hydrogen-bond acceptors (Lipinski definition) is 4. The molecule has 5 rings (SSSR count). The van der Waals surface area contributed by atoms with Crippen LogP contribution in [0.15, 0.2) is 48.9 Å². The monoisotopic (exact) mass is 400 g/mol. The number of imidazole rings is 1. The Kier molecular flexibility index (Phi) is 4.58. The molecule has 1 aromatic carbocycles. The summed E-state index contributed by atoms with van der Waals surface area (Å²) in [4.78, 5) is 23.7. The number of H-pyrrole nitrogens is 1. The SMILES string of the molecule is Cc1nc2cc(C(=O)N3CCC(c4[nH]ncc4-c4ccncc4)CC3)ccc2n1C. The average molecular weight is 400 g/mol. The summed E-state index contributed by atoms with van der Waals surface area (Å²) in [5.74, 6) is 1.39. The molecule has 0 saturated carbocycles. The molecule has 0 atom stereocenters. The Bertz CT molecular complexity index is 1200. The Labute approximate surface area is 174 Å². The van der Waals surface area contributed by atoms with Gasteiger partial charge in [-0.25, -0.2) is 4.98 Å². The summed E-state index contributed by atoms with van der Waals surface area (Å²) >= 11 is 0. The number of pyridine rings is 1. The molecule has 1 aliphatic heterocycles. The van der Waals surface area contributed by atoms with Crippen LogP contribution in [0.2, 0.25) is 0 Å². The van der Waals surface area contributed by atoms with E-state index in [1.165, 1.54) is 0 Å². The number of fused-ring (bicyclic) bond motifs is 1. The van der Waals surface area contributed by atoms with Crippen molar-refractivity contribution < 1.29 is 4.79 Å². The summed E-state index contributed by atoms with van der Waals surface area (Å²) in [6.45, 7) is 3.44. The van der Waals surface area contributed by atoms with Crippen LogP contribution >= 0.6 is 0 Å². The zero-order chi connectivity index (χ0) is 20.7. The molecule has 3 aromatic heterocycles. The van der Waals surface area contributed by atoms with Crippen LogP contribution in [0.1, 0.15) is 40.6 Å². The lowest BCUT2D eigenvalue weighted by molar-refractivity contribution is 0.0712. The number of rotatable bonds is 3. The van der Waals surface area contributed by atoms with Crippen molar-refractivity contribution in [2.45, 2.75) is 25.7 Å². The molecule has 7 nitrogen and oxygen atoms in total. The number of piperidine rings is 1. The fourth-order valence-electron chi connectivity index (χ4n) is 4.38. The van der Waals surface area contributed by atoms with Crippen molar-refractivity contribution in [3.63, 3.8) is 0 Å². The summed E-state index contributed by atoms with van der Waals surface area (Å²) in [5, 5.41) is 7.47. The standard InChI is InChI=1S/C23H24N6O/c1-15-26-20-13-18(3-4-21(20)28(15)2)23(30)29-11-7-17(8-12-29)22-19(14-25-27-22)16-5-9-24-10-6-16/h3-6,9-10,13-14,17H,7-8,11-12H2,1-2H3,(H,25,27). The molecular formula is C23H24N6O. The van der Waals surface area contributed by atoms with Gasteiger partial charge in [0.05, 0.1) is 17.2 Å². The van der Waals surface area contributed by atoms with Crippen molar-refractivity contribution >= 4 is 16.9 Å². The minimum atomic E-state index is 0.0811. The van der Waals surface area contributed by atoms with Gasteiger partial charge >= 0.3 is 0 Å². The first-order valence-corrected chi connectivity index (χ1v) is 10.3. The Morgan fingerprint density at radius 2 is 1.90 bits per heavy atom. The van der Waals surface area contributed by atoms with Gasteiger partial charge in [0.25, 0.3) is 5.91 Å². The predicted octanol–water partition coefficient (Wildman–Crippen LogP) is 3.69. The van der Waals surface area contributed by atoms with Crippen LogP contribution in [0.25, 0.3) is 22.2 Å². The van der Waals surface area contributed by atoms with Gasteiger partial charge in [0.1, 0.15) is 5.82 Å². The molecule has 1 N–H and O–H groups in total. The summed E-state index contributed by atoms with van der Waals surface area (Å²) < 4.78 is 2.04. The molecule has 152 valence electrons. The number of aryl methyl sites for hydroxylation is 2. The summed E-state index contributed by atoms with van der Waals surface area (Å²) in [6, 6.07) is 9.81. The molecule has 1 fully saturated rings. The topological polar surface area (TPSA) is 79.7 Å². The third-order valence-electron chi connectivity index (χ3n) is 6.20. The number of nitrogens with zero attached hydrogens (tertiary/aromatic N) is 5. The van der Waals surface area contributed by atoms with Gasteiger partial charge in [-0.1, -0.05) is 0 Å². The predicted molar refractivity (Wildman–Crippen MR) is 115 cm³/mol. The molecule has 7 heteroatoms. The highest BCUT2D eigenvalue weighted by Crippen LogP contribution is 2.34. The Hall–Kier alpha value is -3.48. The van der Waals surface area contributed by atoms with Crippen molar-refractivity contribution in [2.24, 2.45) is 7.05 Å². The van der Waals surface area contributed by atoms with E-state index in [0.29, 0.717) is 11.5 Å². The quantitative estimate of drug-likeness (QED) is 0.569. The maximum Gasteiger partial charge on any atom is 0.253 e. The van der Waals surface area contributed by atoms with Crippen molar-refractivity contribution in [3.8, 4) is 11.1 Å². The number of hydrogen-bond donors (Lipinski definition) is 1. The molecule has 1 saturated heterocycles. The highest BCUT2D eigenvalue weighted by molar-refractivity contribution is 5.97. The van der Waals surface area contributed by atoms with Crippen LogP contribution in [0, 0.1) is 6.92 Å². The number of aromatic nitrogens is 5. The molecule has 1 amide bonds. The first-order valence-electron chi connectivity index (χ1n) is 10.3. The Morgan fingerprint density at radius 1 is 1.13 bits per heavy atom. The van der Waals surface area contributed by atoms with E-state index < -0.39 is 0 Å². The third kappa shape index (κ3) is 3.16. The van der Waals surface area contributed by atoms with Crippen LogP contribution in [0.3, 0.4) is 0 Å². The zero-order valence-electron chi connectivity index (χ0n) is 17.2. The fraction of sp³-hybridized carbons (Fsp3) is 0.304. The van der Waals surface area contributed by atoms with Gasteiger partial charge < -0.3 is 9.47 Å². The molecule has 0 spiro atoms. The molecule has 0 radical (unpaired) electrons. The van der Waals surface area contributed by atoms with E-state index >= 15 is 0 Å². The minimum Gasteiger partial charge on any atom is -0.339 e. The highest BCUT2D eigenvalue weighted by Gasteiger charge is 2.27. The third-order valence-corrected chi connectivity index (χ3v) is 6.20. The fourth-order valence-corrected chi connectivity index (χ4v) is 4.38. The van der Waals surface area contributed by atoms with Crippen molar-refractivity contribution in [3.05, 3.63) is 66.0 Å². The van der Waals surface area contributed by atoms with Gasteiger partial charge in [-0.15, -0.1) is 0 Å². The zero-order valence-corrected chi connectivity index (χ0v) is 17.2. The molecule has 4 aromatic rings. The molecule has 0 aliphatic carbocycles. The number of aromatic amines is 1. The van der Waals surface area contributed by atoms with Crippen molar-refractivity contribution in [1.29, 1.82) is 0 Å². The largest absolute Gasteiger partial charge is 0.339 e. The van der Waals surface area contributed by atoms with E-state index in [1.54, 1.807) is 12.4 Å². The number of amides is 1. The molecule has 0 bridgehead atoms. The van der Waals surface area contributed by atoms with Crippen molar-refractivity contribution in [1.82, 2.24) is 29.6 Å². The van der Waals surface area contributed by atoms with Crippen LogP contribution in [-0.2, 0) is 7.05 Å². The Balaban J connectivity index is 1.31. The number of nitrogens with one attached hydrogen (secondary N) is 1. The van der Waals surface area contributed by atoms with Crippen molar-refractivity contribution in [2.75, 3.05) is 13.1 Å². The van der Waals surface area contributed by atoms with Crippen LogP contribution in [0.5, 0.6) is 0 Å². The second kappa shape index (κ2) is 7.40. The molecule has 30 heavy (non-hydrogen) atoms. The summed E-state index contributed by atoms with van der Waals surface area (Å²) in [5.41, 5.74) is 6.02. The van der Waals surface area contributed by atoms with Gasteiger partial charge in [-0.3, -0.25) is 14.9 Å². The first-order chi connectivity index (χ1) is 14.6. The van der Waals surface area contributed by atoms with Gasteiger partial charge in [0.2, 0.25) is 0 Å². The summed E-state index contributed by atoms with van der Waals surface area (Å²) in [6.07, 6.45) is 7.31. The maximum absolute atomic E-state index is 13.1. The van der Waals surface area contributed by atoms with E-state index in [2.05, 4.69) is 20.2 Å². The molecule has 4 heterocycles. The maximum atomic E-state index is 13.1. The number of benzene rings is 1. The van der Waals surface area contributed by atoms with Crippen LogP contribution in [0.4, 0.5) is 0 Å². The highest BCUT2D eigenvalue weighted by atomic mass is 16.2. The Morgan fingerprint density at radius 3 is 2.67 bits per heavy atom. The van der Waals surface area contributed by atoms with Gasteiger partial charge in [-0.2, -0.15) is 5.10 Å². The van der Waals surface area contributed by atoms with E-state index in [-0.39, 0.29) is 5.91 Å². The normalized spacial score (nSPS) is 15.1. The summed E-state index contributed by atoms with van der Waals surface area (Å²) in [7, 11) is 1.99. The number of carbonyl (C=O) groups is 1. The van der Waals surface area contributed by atoms with Gasteiger partial charge in [0.15, 0.2) is 0 Å². The smallest absolute Gasteiger partial charge is 0.253 e.